The van der Waals surface area contributed by atoms with Gasteiger partial charge in [-0.3, -0.25) is 4.98 Å². The third-order valence-corrected chi connectivity index (χ3v) is 4.96. The molecule has 0 aromatic carbocycles. The maximum atomic E-state index is 5.66. The predicted octanol–water partition coefficient (Wildman–Crippen LogP) is 3.67. The van der Waals surface area contributed by atoms with Gasteiger partial charge in [0.2, 0.25) is 0 Å². The Labute approximate surface area is 152 Å². The molecule has 0 aliphatic carbocycles. The van der Waals surface area contributed by atoms with E-state index in [0.717, 1.165) is 23.1 Å². The fraction of sp³-hybridized carbons (Fsp3) is 0.263. The van der Waals surface area contributed by atoms with Crippen molar-refractivity contribution in [2.24, 2.45) is 0 Å². The maximum Gasteiger partial charge on any atom is 0.170 e. The summed E-state index contributed by atoms with van der Waals surface area (Å²) < 4.78 is 7.81. The first-order valence-electron chi connectivity index (χ1n) is 8.43. The molecule has 5 nitrogen and oxygen atoms in total. The number of pyridine rings is 1. The fourth-order valence-electron chi connectivity index (χ4n) is 3.45. The van der Waals surface area contributed by atoms with Gasteiger partial charge < -0.3 is 19.2 Å². The maximum absolute atomic E-state index is 5.66. The highest BCUT2D eigenvalue weighted by atomic mass is 32.1. The van der Waals surface area contributed by atoms with Crippen molar-refractivity contribution in [3.8, 4) is 0 Å². The Morgan fingerprint density at radius 3 is 2.84 bits per heavy atom. The Hall–Kier alpha value is -2.60. The van der Waals surface area contributed by atoms with Crippen LogP contribution in [0.15, 0.2) is 65.5 Å². The largest absolute Gasteiger partial charge is 0.467 e. The molecule has 0 amide bonds. The van der Waals surface area contributed by atoms with Gasteiger partial charge in [-0.25, -0.2) is 0 Å². The predicted molar refractivity (Wildman–Crippen MR) is 99.8 cm³/mol. The molecule has 0 saturated carbocycles. The van der Waals surface area contributed by atoms with Crippen LogP contribution in [-0.4, -0.2) is 19.6 Å². The second-order valence-corrected chi connectivity index (χ2v) is 6.44. The van der Waals surface area contributed by atoms with Crippen LogP contribution in [0.1, 0.15) is 36.2 Å². The Balaban J connectivity index is 1.76. The summed E-state index contributed by atoms with van der Waals surface area (Å²) in [5, 5.41) is 4.19. The summed E-state index contributed by atoms with van der Waals surface area (Å²) in [5.74, 6) is 0.894. The molecule has 25 heavy (non-hydrogen) atoms. The third-order valence-electron chi connectivity index (χ3n) is 4.61. The highest BCUT2D eigenvalue weighted by molar-refractivity contribution is 7.80. The first-order valence-corrected chi connectivity index (χ1v) is 8.84. The Kier molecular flexibility index (Phi) is 4.28. The van der Waals surface area contributed by atoms with Crippen LogP contribution in [0, 0.1) is 0 Å². The van der Waals surface area contributed by atoms with E-state index in [4.69, 9.17) is 16.6 Å². The molecule has 3 aromatic rings. The van der Waals surface area contributed by atoms with Crippen molar-refractivity contribution in [2.45, 2.75) is 32.1 Å². The van der Waals surface area contributed by atoms with Crippen LogP contribution >= 0.6 is 12.2 Å². The van der Waals surface area contributed by atoms with E-state index in [-0.39, 0.29) is 12.1 Å². The number of hydrogen-bond acceptors (Lipinski definition) is 3. The highest BCUT2D eigenvalue weighted by Crippen LogP contribution is 2.39. The zero-order valence-electron chi connectivity index (χ0n) is 14.0. The normalized spacial score (nSPS) is 20.0. The molecule has 2 unspecified atom stereocenters. The van der Waals surface area contributed by atoms with Crippen LogP contribution in [0.2, 0.25) is 0 Å². The van der Waals surface area contributed by atoms with E-state index in [1.54, 1.807) is 6.26 Å². The monoisotopic (exact) mass is 352 g/mol. The lowest BCUT2D eigenvalue weighted by Crippen LogP contribution is -2.29. The zero-order chi connectivity index (χ0) is 17.2. The van der Waals surface area contributed by atoms with E-state index >= 15 is 0 Å². The van der Waals surface area contributed by atoms with E-state index in [1.807, 2.05) is 36.5 Å². The van der Waals surface area contributed by atoms with E-state index < -0.39 is 0 Å². The molecular formula is C19H20N4OS. The van der Waals surface area contributed by atoms with E-state index in [0.29, 0.717) is 6.54 Å². The van der Waals surface area contributed by atoms with Gasteiger partial charge in [-0.2, -0.15) is 0 Å². The van der Waals surface area contributed by atoms with E-state index in [2.05, 4.69) is 45.0 Å². The van der Waals surface area contributed by atoms with Gasteiger partial charge in [-0.05, 0) is 55.5 Å². The van der Waals surface area contributed by atoms with Crippen molar-refractivity contribution in [3.05, 3.63) is 78.3 Å². The quantitative estimate of drug-likeness (QED) is 0.710. The topological polar surface area (TPSA) is 46.2 Å². The molecular weight excluding hydrogens is 332 g/mol. The number of hydrogen-bond donors (Lipinski definition) is 1. The van der Waals surface area contributed by atoms with Crippen molar-refractivity contribution >= 4 is 17.3 Å². The molecule has 0 spiro atoms. The van der Waals surface area contributed by atoms with Crippen LogP contribution in [0.3, 0.4) is 0 Å². The SMILES string of the molecule is CCn1cccc1C1C(c2ccccn2)NC(=S)N1Cc1ccco1. The van der Waals surface area contributed by atoms with E-state index in [9.17, 15) is 0 Å². The molecule has 1 aliphatic heterocycles. The molecule has 4 heterocycles. The average Bonchev–Trinajstić information content (AvgIpc) is 3.37. The standard InChI is InChI=1S/C19H20N4OS/c1-2-22-11-5-9-16(22)18-17(15-8-3-4-10-20-15)21-19(25)23(18)13-14-7-6-12-24-14/h3-12,17-18H,2,13H2,1H3,(H,21,25). The van der Waals surface area contributed by atoms with E-state index in [1.165, 1.54) is 5.69 Å². The number of nitrogens with zero attached hydrogens (tertiary/aromatic N) is 3. The minimum Gasteiger partial charge on any atom is -0.467 e. The molecule has 3 aromatic heterocycles. The van der Waals surface area contributed by atoms with Gasteiger partial charge in [0, 0.05) is 24.6 Å². The van der Waals surface area contributed by atoms with Crippen molar-refractivity contribution in [3.63, 3.8) is 0 Å². The molecule has 1 aliphatic rings. The number of furan rings is 1. The molecule has 0 radical (unpaired) electrons. The smallest absolute Gasteiger partial charge is 0.170 e. The Morgan fingerprint density at radius 1 is 1.20 bits per heavy atom. The second kappa shape index (κ2) is 6.72. The number of aromatic nitrogens is 2. The molecule has 0 bridgehead atoms. The van der Waals surface area contributed by atoms with Gasteiger partial charge in [0.15, 0.2) is 5.11 Å². The Morgan fingerprint density at radius 2 is 2.12 bits per heavy atom. The fourth-order valence-corrected chi connectivity index (χ4v) is 3.76. The summed E-state index contributed by atoms with van der Waals surface area (Å²) in [7, 11) is 0. The van der Waals surface area contributed by atoms with Crippen molar-refractivity contribution < 1.29 is 4.42 Å². The minimum atomic E-state index is 0.00358. The van der Waals surface area contributed by atoms with Crippen LogP contribution in [-0.2, 0) is 13.1 Å². The average molecular weight is 352 g/mol. The summed E-state index contributed by atoms with van der Waals surface area (Å²) in [4.78, 5) is 6.75. The van der Waals surface area contributed by atoms with Gasteiger partial charge in [0.1, 0.15) is 5.76 Å². The van der Waals surface area contributed by atoms with Crippen molar-refractivity contribution in [1.29, 1.82) is 0 Å². The lowest BCUT2D eigenvalue weighted by atomic mass is 10.0. The number of thiocarbonyl (C=S) groups is 1. The van der Waals surface area contributed by atoms with Gasteiger partial charge in [0.05, 0.1) is 30.6 Å². The third kappa shape index (κ3) is 2.93. The lowest BCUT2D eigenvalue weighted by Gasteiger charge is -2.28. The second-order valence-electron chi connectivity index (χ2n) is 6.05. The summed E-state index contributed by atoms with van der Waals surface area (Å²) in [6.07, 6.45) is 5.63. The van der Waals surface area contributed by atoms with Gasteiger partial charge in [-0.1, -0.05) is 6.07 Å². The lowest BCUT2D eigenvalue weighted by molar-refractivity contribution is 0.276. The first kappa shape index (κ1) is 15.9. The summed E-state index contributed by atoms with van der Waals surface area (Å²) >= 11 is 5.66. The summed E-state index contributed by atoms with van der Waals surface area (Å²) in [5.41, 5.74) is 2.21. The molecule has 4 rings (SSSR count). The molecule has 6 heteroatoms. The van der Waals surface area contributed by atoms with Crippen molar-refractivity contribution in [2.75, 3.05) is 0 Å². The molecule has 1 saturated heterocycles. The van der Waals surface area contributed by atoms with Gasteiger partial charge in [-0.15, -0.1) is 0 Å². The number of nitrogens with one attached hydrogen (secondary N) is 1. The number of aryl methyl sites for hydroxylation is 1. The van der Waals surface area contributed by atoms with Crippen LogP contribution in [0.4, 0.5) is 0 Å². The van der Waals surface area contributed by atoms with Crippen LogP contribution < -0.4 is 5.32 Å². The van der Waals surface area contributed by atoms with Crippen LogP contribution in [0.5, 0.6) is 0 Å². The molecule has 2 atom stereocenters. The molecule has 128 valence electrons. The summed E-state index contributed by atoms with van der Waals surface area (Å²) in [6.45, 7) is 3.69. The van der Waals surface area contributed by atoms with Crippen molar-refractivity contribution in [1.82, 2.24) is 19.8 Å². The molecule has 1 fully saturated rings. The zero-order valence-corrected chi connectivity index (χ0v) is 14.8. The van der Waals surface area contributed by atoms with Gasteiger partial charge in [0.25, 0.3) is 0 Å². The first-order chi connectivity index (χ1) is 12.3. The minimum absolute atomic E-state index is 0.00358. The number of rotatable bonds is 5. The molecule has 1 N–H and O–H groups in total. The highest BCUT2D eigenvalue weighted by Gasteiger charge is 2.41. The van der Waals surface area contributed by atoms with Gasteiger partial charge >= 0.3 is 0 Å². The summed E-state index contributed by atoms with van der Waals surface area (Å²) in [6, 6.07) is 14.2. The van der Waals surface area contributed by atoms with Crippen LogP contribution in [0.25, 0.3) is 0 Å². The Bertz CT molecular complexity index is 843.